The highest BCUT2D eigenvalue weighted by Gasteiger charge is 2.35. The Morgan fingerprint density at radius 2 is 2.03 bits per heavy atom. The number of hydrogen-bond donors (Lipinski definition) is 2. The third-order valence-electron chi connectivity index (χ3n) is 5.93. The number of para-hydroxylation sites is 2. The van der Waals surface area contributed by atoms with E-state index in [4.69, 9.17) is 4.98 Å². The Labute approximate surface area is 173 Å². The molecule has 1 fully saturated rings. The van der Waals surface area contributed by atoms with Gasteiger partial charge in [-0.2, -0.15) is 0 Å². The third kappa shape index (κ3) is 3.22. The summed E-state index contributed by atoms with van der Waals surface area (Å²) in [6.07, 6.45) is 2.03. The predicted molar refractivity (Wildman–Crippen MR) is 117 cm³/mol. The summed E-state index contributed by atoms with van der Waals surface area (Å²) >= 11 is 1.74. The molecule has 2 aromatic carbocycles. The van der Waals surface area contributed by atoms with Gasteiger partial charge in [-0.1, -0.05) is 30.3 Å². The SMILES string of the molecule is Cc1[nH]c2ccccc2c1[C@@H](C(=O)O)N1CCC[C@H](c2nc3ccccc3s2)C1. The Hall–Kier alpha value is -2.70. The van der Waals surface area contributed by atoms with E-state index in [1.165, 1.54) is 4.70 Å². The van der Waals surface area contributed by atoms with Crippen LogP contribution in [0.1, 0.15) is 41.1 Å². The van der Waals surface area contributed by atoms with Crippen LogP contribution in [0, 0.1) is 6.92 Å². The van der Waals surface area contributed by atoms with Crippen LogP contribution in [0.15, 0.2) is 48.5 Å². The fraction of sp³-hybridized carbons (Fsp3) is 0.304. The highest BCUT2D eigenvalue weighted by Crippen LogP contribution is 2.38. The minimum atomic E-state index is -0.789. The Morgan fingerprint density at radius 1 is 1.24 bits per heavy atom. The van der Waals surface area contributed by atoms with Gasteiger partial charge in [0.2, 0.25) is 0 Å². The summed E-state index contributed by atoms with van der Waals surface area (Å²) < 4.78 is 1.20. The van der Waals surface area contributed by atoms with E-state index in [0.29, 0.717) is 0 Å². The number of rotatable bonds is 4. The van der Waals surface area contributed by atoms with Crippen LogP contribution >= 0.6 is 11.3 Å². The van der Waals surface area contributed by atoms with Crippen LogP contribution in [0.4, 0.5) is 0 Å². The number of aliphatic carboxylic acids is 1. The van der Waals surface area contributed by atoms with Crippen molar-refractivity contribution in [2.24, 2.45) is 0 Å². The van der Waals surface area contributed by atoms with E-state index in [-0.39, 0.29) is 5.92 Å². The molecule has 148 valence electrons. The number of fused-ring (bicyclic) bond motifs is 2. The van der Waals surface area contributed by atoms with Gasteiger partial charge in [0.25, 0.3) is 0 Å². The first kappa shape index (κ1) is 18.3. The fourth-order valence-corrected chi connectivity index (χ4v) is 5.71. The Kier molecular flexibility index (Phi) is 4.60. The van der Waals surface area contributed by atoms with Crippen molar-refractivity contribution < 1.29 is 9.90 Å². The lowest BCUT2D eigenvalue weighted by atomic mass is 9.94. The van der Waals surface area contributed by atoms with Gasteiger partial charge < -0.3 is 10.1 Å². The van der Waals surface area contributed by atoms with Crippen LogP contribution in [0.25, 0.3) is 21.1 Å². The van der Waals surface area contributed by atoms with Gasteiger partial charge in [0.05, 0.1) is 15.2 Å². The van der Waals surface area contributed by atoms with Crippen LogP contribution in [0.5, 0.6) is 0 Å². The average Bonchev–Trinajstić information content (AvgIpc) is 3.30. The van der Waals surface area contributed by atoms with Crippen LogP contribution < -0.4 is 0 Å². The second kappa shape index (κ2) is 7.28. The monoisotopic (exact) mass is 405 g/mol. The van der Waals surface area contributed by atoms with E-state index in [0.717, 1.165) is 58.6 Å². The fourth-order valence-electron chi connectivity index (χ4n) is 4.62. The van der Waals surface area contributed by atoms with Crippen molar-refractivity contribution in [3.63, 3.8) is 0 Å². The maximum Gasteiger partial charge on any atom is 0.325 e. The highest BCUT2D eigenvalue weighted by molar-refractivity contribution is 7.18. The molecular weight excluding hydrogens is 382 g/mol. The summed E-state index contributed by atoms with van der Waals surface area (Å²) in [5.74, 6) is -0.517. The number of aromatic nitrogens is 2. The number of carboxylic acids is 1. The molecule has 2 aromatic heterocycles. The molecule has 4 aromatic rings. The zero-order chi connectivity index (χ0) is 20.0. The first-order valence-corrected chi connectivity index (χ1v) is 10.8. The molecular formula is C23H23N3O2S. The predicted octanol–water partition coefficient (Wildman–Crippen LogP) is 5.09. The number of aryl methyl sites for hydroxylation is 1. The Bertz CT molecular complexity index is 1160. The maximum absolute atomic E-state index is 12.4. The zero-order valence-electron chi connectivity index (χ0n) is 16.3. The molecule has 3 heterocycles. The maximum atomic E-state index is 12.4. The minimum Gasteiger partial charge on any atom is -0.480 e. The molecule has 29 heavy (non-hydrogen) atoms. The second-order valence-electron chi connectivity index (χ2n) is 7.80. The highest BCUT2D eigenvalue weighted by atomic mass is 32.1. The van der Waals surface area contributed by atoms with E-state index in [9.17, 15) is 9.90 Å². The molecule has 0 spiro atoms. The van der Waals surface area contributed by atoms with Gasteiger partial charge in [-0.15, -0.1) is 11.3 Å². The number of nitrogens with zero attached hydrogens (tertiary/aromatic N) is 2. The summed E-state index contributed by atoms with van der Waals surface area (Å²) in [7, 11) is 0. The van der Waals surface area contributed by atoms with Gasteiger partial charge in [-0.25, -0.2) is 4.98 Å². The number of likely N-dealkylation sites (tertiary alicyclic amines) is 1. The number of benzene rings is 2. The number of nitrogens with one attached hydrogen (secondary N) is 1. The molecule has 1 aliphatic heterocycles. The quantitative estimate of drug-likeness (QED) is 0.496. The normalized spacial score (nSPS) is 19.0. The summed E-state index contributed by atoms with van der Waals surface area (Å²) in [4.78, 5) is 22.7. The van der Waals surface area contributed by atoms with E-state index in [1.54, 1.807) is 11.3 Å². The first-order chi connectivity index (χ1) is 14.1. The van der Waals surface area contributed by atoms with Crippen molar-refractivity contribution >= 4 is 38.4 Å². The number of H-pyrrole nitrogens is 1. The zero-order valence-corrected chi connectivity index (χ0v) is 17.1. The third-order valence-corrected chi connectivity index (χ3v) is 7.13. The largest absolute Gasteiger partial charge is 0.480 e. The van der Waals surface area contributed by atoms with Crippen molar-refractivity contribution in [1.82, 2.24) is 14.9 Å². The van der Waals surface area contributed by atoms with Gasteiger partial charge >= 0.3 is 5.97 Å². The number of thiazole rings is 1. The van der Waals surface area contributed by atoms with E-state index in [2.05, 4.69) is 16.0 Å². The van der Waals surface area contributed by atoms with Crippen LogP contribution in [0.3, 0.4) is 0 Å². The van der Waals surface area contributed by atoms with Crippen molar-refractivity contribution in [2.75, 3.05) is 13.1 Å². The van der Waals surface area contributed by atoms with Gasteiger partial charge in [0.1, 0.15) is 6.04 Å². The van der Waals surface area contributed by atoms with Gasteiger partial charge in [0, 0.05) is 34.6 Å². The molecule has 2 atom stereocenters. The summed E-state index contributed by atoms with van der Waals surface area (Å²) in [5, 5.41) is 12.3. The van der Waals surface area contributed by atoms with E-state index < -0.39 is 12.0 Å². The van der Waals surface area contributed by atoms with Crippen molar-refractivity contribution in [3.05, 3.63) is 64.8 Å². The Balaban J connectivity index is 1.50. The van der Waals surface area contributed by atoms with Crippen molar-refractivity contribution in [2.45, 2.75) is 31.7 Å². The van der Waals surface area contributed by atoms with E-state index >= 15 is 0 Å². The summed E-state index contributed by atoms with van der Waals surface area (Å²) in [6.45, 7) is 3.48. The molecule has 0 radical (unpaired) electrons. The molecule has 2 N–H and O–H groups in total. The smallest absolute Gasteiger partial charge is 0.325 e. The Morgan fingerprint density at radius 3 is 2.86 bits per heavy atom. The molecule has 6 heteroatoms. The van der Waals surface area contributed by atoms with Crippen molar-refractivity contribution in [1.29, 1.82) is 0 Å². The molecule has 0 bridgehead atoms. The number of aromatic amines is 1. The topological polar surface area (TPSA) is 69.2 Å². The number of carboxylic acid groups (broad SMARTS) is 1. The molecule has 1 aliphatic rings. The lowest BCUT2D eigenvalue weighted by Crippen LogP contribution is -2.41. The molecule has 0 saturated carbocycles. The molecule has 0 unspecified atom stereocenters. The molecule has 5 rings (SSSR count). The van der Waals surface area contributed by atoms with Gasteiger partial charge in [0.15, 0.2) is 0 Å². The minimum absolute atomic E-state index is 0.272. The summed E-state index contributed by atoms with van der Waals surface area (Å²) in [5.41, 5.74) is 3.84. The van der Waals surface area contributed by atoms with E-state index in [1.807, 2.05) is 49.4 Å². The summed E-state index contributed by atoms with van der Waals surface area (Å²) in [6, 6.07) is 15.5. The van der Waals surface area contributed by atoms with Crippen LogP contribution in [-0.4, -0.2) is 39.0 Å². The standard InChI is InChI=1S/C23H23N3O2S/c1-14-20(16-8-2-3-9-17(16)24-14)21(23(27)28)26-12-6-7-15(13-26)22-25-18-10-4-5-11-19(18)29-22/h2-5,8-11,15,21,24H,6-7,12-13H2,1H3,(H,27,28)/t15-,21-/m0/s1. The number of piperidine rings is 1. The lowest BCUT2D eigenvalue weighted by Gasteiger charge is -2.36. The number of hydrogen-bond acceptors (Lipinski definition) is 4. The van der Waals surface area contributed by atoms with Gasteiger partial charge in [-0.05, 0) is 44.5 Å². The van der Waals surface area contributed by atoms with Gasteiger partial charge in [-0.3, -0.25) is 9.69 Å². The molecule has 1 saturated heterocycles. The van der Waals surface area contributed by atoms with Crippen LogP contribution in [-0.2, 0) is 4.79 Å². The molecule has 0 amide bonds. The lowest BCUT2D eigenvalue weighted by molar-refractivity contribution is -0.144. The molecule has 0 aliphatic carbocycles. The van der Waals surface area contributed by atoms with Crippen LogP contribution in [0.2, 0.25) is 0 Å². The first-order valence-electron chi connectivity index (χ1n) is 10.0. The average molecular weight is 406 g/mol. The van der Waals surface area contributed by atoms with Crippen molar-refractivity contribution in [3.8, 4) is 0 Å². The second-order valence-corrected chi connectivity index (χ2v) is 8.87. The molecule has 5 nitrogen and oxygen atoms in total. The number of carbonyl (C=O) groups is 1.